The van der Waals surface area contributed by atoms with Gasteiger partial charge in [0.2, 0.25) is 0 Å². The van der Waals surface area contributed by atoms with Gasteiger partial charge in [0.05, 0.1) is 25.6 Å². The van der Waals surface area contributed by atoms with Gasteiger partial charge in [-0.15, -0.1) is 0 Å². The van der Waals surface area contributed by atoms with Crippen molar-refractivity contribution in [2.75, 3.05) is 6.61 Å². The fourth-order valence-electron chi connectivity index (χ4n) is 4.18. The molecule has 0 aliphatic rings. The number of para-hydroxylation sites is 1. The van der Waals surface area contributed by atoms with E-state index in [4.69, 9.17) is 14.3 Å². The summed E-state index contributed by atoms with van der Waals surface area (Å²) in [6.07, 6.45) is -0.787. The number of furan rings is 1. The van der Waals surface area contributed by atoms with E-state index < -0.39 is 17.8 Å². The summed E-state index contributed by atoms with van der Waals surface area (Å²) >= 11 is 0. The Hall–Kier alpha value is -4.01. The molecule has 0 saturated heterocycles. The van der Waals surface area contributed by atoms with Gasteiger partial charge < -0.3 is 18.8 Å². The van der Waals surface area contributed by atoms with E-state index in [0.29, 0.717) is 42.1 Å². The zero-order valence-corrected chi connectivity index (χ0v) is 20.2. The van der Waals surface area contributed by atoms with Crippen LogP contribution in [0.2, 0.25) is 0 Å². The molecular weight excluding hydrogens is 485 g/mol. The van der Waals surface area contributed by atoms with Crippen molar-refractivity contribution in [3.63, 3.8) is 0 Å². The van der Waals surface area contributed by atoms with Gasteiger partial charge in [-0.3, -0.25) is 4.79 Å². The summed E-state index contributed by atoms with van der Waals surface area (Å²) in [6, 6.07) is 17.5. The third-order valence-corrected chi connectivity index (χ3v) is 6.02. The van der Waals surface area contributed by atoms with Crippen molar-refractivity contribution in [2.24, 2.45) is 5.92 Å². The van der Waals surface area contributed by atoms with Gasteiger partial charge in [0.15, 0.2) is 0 Å². The summed E-state index contributed by atoms with van der Waals surface area (Å²) in [5.41, 5.74) is 1.07. The summed E-state index contributed by atoms with van der Waals surface area (Å²) in [6.45, 7) is 2.11. The molecule has 0 aliphatic carbocycles. The standard InChI is InChI=1S/C28H27F3N2O4/c1-19(16-26(34)35)6-4-14-37-24-8-3-2-7-22(24)18-33-25(28(29,30)31)17-32-27(33)21-12-10-20(11-13-21)23-9-5-15-36-23/h2-3,5,7-13,15,17,19H,4,6,14,16,18H2,1H3,(H,34,35). The predicted molar refractivity (Wildman–Crippen MR) is 132 cm³/mol. The van der Waals surface area contributed by atoms with Crippen LogP contribution in [-0.2, 0) is 17.5 Å². The summed E-state index contributed by atoms with van der Waals surface area (Å²) in [5, 5.41) is 8.90. The van der Waals surface area contributed by atoms with Gasteiger partial charge in [-0.05, 0) is 37.0 Å². The van der Waals surface area contributed by atoms with Crippen LogP contribution in [0.3, 0.4) is 0 Å². The van der Waals surface area contributed by atoms with Crippen molar-refractivity contribution in [2.45, 2.75) is 38.9 Å². The molecule has 6 nitrogen and oxygen atoms in total. The first-order chi connectivity index (χ1) is 17.7. The Morgan fingerprint density at radius 3 is 2.49 bits per heavy atom. The molecular formula is C28H27F3N2O4. The molecule has 0 amide bonds. The number of ether oxygens (including phenoxy) is 1. The molecule has 0 saturated carbocycles. The SMILES string of the molecule is CC(CCCOc1ccccc1Cn1c(C(F)(F)F)cnc1-c1ccc(-c2ccco2)cc1)CC(=O)O. The summed E-state index contributed by atoms with van der Waals surface area (Å²) in [4.78, 5) is 15.0. The lowest BCUT2D eigenvalue weighted by molar-refractivity contribution is -0.143. The number of aromatic nitrogens is 2. The van der Waals surface area contributed by atoms with Crippen molar-refractivity contribution in [1.82, 2.24) is 9.55 Å². The second kappa shape index (κ2) is 11.4. The minimum atomic E-state index is -4.59. The zero-order chi connectivity index (χ0) is 26.4. The lowest BCUT2D eigenvalue weighted by Gasteiger charge is -2.17. The molecule has 0 spiro atoms. The molecule has 2 aromatic heterocycles. The summed E-state index contributed by atoms with van der Waals surface area (Å²) in [5.74, 6) is 0.503. The molecule has 9 heteroatoms. The van der Waals surface area contributed by atoms with E-state index in [1.807, 2.05) is 13.0 Å². The molecule has 0 radical (unpaired) electrons. The number of rotatable bonds is 11. The van der Waals surface area contributed by atoms with Crippen LogP contribution in [0.1, 0.15) is 37.4 Å². The topological polar surface area (TPSA) is 77.5 Å². The number of aliphatic carboxylic acids is 1. The highest BCUT2D eigenvalue weighted by Gasteiger charge is 2.36. The normalized spacial score (nSPS) is 12.4. The number of carboxylic acid groups (broad SMARTS) is 1. The van der Waals surface area contributed by atoms with Crippen LogP contribution in [0.25, 0.3) is 22.7 Å². The molecule has 1 unspecified atom stereocenters. The number of nitrogens with zero attached hydrogens (tertiary/aromatic N) is 2. The van der Waals surface area contributed by atoms with Crippen molar-refractivity contribution in [3.05, 3.63) is 84.4 Å². The number of alkyl halides is 3. The first-order valence-corrected chi connectivity index (χ1v) is 11.9. The Bertz CT molecular complexity index is 1310. The van der Waals surface area contributed by atoms with Gasteiger partial charge in [-0.2, -0.15) is 13.2 Å². The van der Waals surface area contributed by atoms with Gasteiger partial charge in [-0.25, -0.2) is 4.98 Å². The summed E-state index contributed by atoms with van der Waals surface area (Å²) < 4.78 is 54.1. The van der Waals surface area contributed by atoms with Crippen molar-refractivity contribution in [1.29, 1.82) is 0 Å². The van der Waals surface area contributed by atoms with Gasteiger partial charge >= 0.3 is 12.1 Å². The van der Waals surface area contributed by atoms with Crippen LogP contribution in [0.4, 0.5) is 13.2 Å². The van der Waals surface area contributed by atoms with E-state index in [2.05, 4.69) is 4.98 Å². The van der Waals surface area contributed by atoms with E-state index >= 15 is 0 Å². The average molecular weight is 513 g/mol. The number of hydrogen-bond donors (Lipinski definition) is 1. The third-order valence-electron chi connectivity index (χ3n) is 6.02. The van der Waals surface area contributed by atoms with Crippen LogP contribution < -0.4 is 4.74 Å². The third kappa shape index (κ3) is 6.61. The number of hydrogen-bond acceptors (Lipinski definition) is 4. The minimum absolute atomic E-state index is 0.0124. The van der Waals surface area contributed by atoms with Crippen LogP contribution in [-0.4, -0.2) is 27.2 Å². The monoisotopic (exact) mass is 512 g/mol. The maximum atomic E-state index is 13.9. The minimum Gasteiger partial charge on any atom is -0.493 e. The number of halogens is 3. The smallest absolute Gasteiger partial charge is 0.433 e. The van der Waals surface area contributed by atoms with E-state index in [-0.39, 0.29) is 24.7 Å². The van der Waals surface area contributed by atoms with E-state index in [1.165, 1.54) is 0 Å². The zero-order valence-electron chi connectivity index (χ0n) is 20.2. The molecule has 2 aromatic carbocycles. The lowest BCUT2D eigenvalue weighted by Crippen LogP contribution is -2.15. The molecule has 0 fully saturated rings. The van der Waals surface area contributed by atoms with Crippen LogP contribution in [0.15, 0.2) is 77.5 Å². The Kier molecular flexibility index (Phi) is 8.01. The fraction of sp³-hybridized carbons (Fsp3) is 0.286. The molecule has 4 aromatic rings. The predicted octanol–water partition coefficient (Wildman–Crippen LogP) is 7.15. The number of imidazole rings is 1. The fourth-order valence-corrected chi connectivity index (χ4v) is 4.18. The van der Waals surface area contributed by atoms with Crippen molar-refractivity contribution < 1.29 is 32.2 Å². The van der Waals surface area contributed by atoms with E-state index in [0.717, 1.165) is 16.3 Å². The second-order valence-electron chi connectivity index (χ2n) is 8.91. The maximum Gasteiger partial charge on any atom is 0.433 e. The Morgan fingerprint density at radius 1 is 1.08 bits per heavy atom. The highest BCUT2D eigenvalue weighted by Crippen LogP contribution is 2.35. The maximum absolute atomic E-state index is 13.9. The molecule has 1 N–H and O–H groups in total. The summed E-state index contributed by atoms with van der Waals surface area (Å²) in [7, 11) is 0. The highest BCUT2D eigenvalue weighted by molar-refractivity contribution is 5.67. The second-order valence-corrected chi connectivity index (χ2v) is 8.91. The molecule has 0 aliphatic heterocycles. The van der Waals surface area contributed by atoms with Crippen molar-refractivity contribution >= 4 is 5.97 Å². The van der Waals surface area contributed by atoms with Gasteiger partial charge in [-0.1, -0.05) is 49.4 Å². The van der Waals surface area contributed by atoms with Gasteiger partial charge in [0.1, 0.15) is 23.0 Å². The van der Waals surface area contributed by atoms with Gasteiger partial charge in [0.25, 0.3) is 0 Å². The highest BCUT2D eigenvalue weighted by atomic mass is 19.4. The molecule has 194 valence electrons. The Morgan fingerprint density at radius 2 is 1.81 bits per heavy atom. The van der Waals surface area contributed by atoms with Crippen LogP contribution >= 0.6 is 0 Å². The number of benzene rings is 2. The quantitative estimate of drug-likeness (QED) is 0.216. The first kappa shape index (κ1) is 26.1. The molecule has 0 bridgehead atoms. The Balaban J connectivity index is 1.56. The van der Waals surface area contributed by atoms with Crippen molar-refractivity contribution in [3.8, 4) is 28.5 Å². The van der Waals surface area contributed by atoms with Crippen LogP contribution in [0.5, 0.6) is 5.75 Å². The Labute approximate surface area is 212 Å². The molecule has 37 heavy (non-hydrogen) atoms. The number of carbonyl (C=O) groups is 1. The first-order valence-electron chi connectivity index (χ1n) is 11.9. The molecule has 1 atom stereocenters. The molecule has 4 rings (SSSR count). The van der Waals surface area contributed by atoms with Gasteiger partial charge in [0, 0.05) is 23.1 Å². The van der Waals surface area contributed by atoms with E-state index in [1.54, 1.807) is 60.9 Å². The van der Waals surface area contributed by atoms with Crippen LogP contribution in [0, 0.1) is 5.92 Å². The average Bonchev–Trinajstić information content (AvgIpc) is 3.53. The lowest BCUT2D eigenvalue weighted by atomic mass is 10.0. The molecule has 2 heterocycles. The largest absolute Gasteiger partial charge is 0.493 e. The number of carboxylic acids is 1. The van der Waals surface area contributed by atoms with E-state index in [9.17, 15) is 18.0 Å².